The van der Waals surface area contributed by atoms with E-state index in [0.29, 0.717) is 5.69 Å². The third-order valence-corrected chi connectivity index (χ3v) is 2.78. The third-order valence-electron chi connectivity index (χ3n) is 2.78. The van der Waals surface area contributed by atoms with Crippen LogP contribution in [0, 0.1) is 13.8 Å². The molecule has 0 unspecified atom stereocenters. The van der Waals surface area contributed by atoms with Crippen LogP contribution >= 0.6 is 0 Å². The van der Waals surface area contributed by atoms with E-state index in [-0.39, 0.29) is 23.2 Å². The van der Waals surface area contributed by atoms with Gasteiger partial charge in [0.15, 0.2) is 0 Å². The summed E-state index contributed by atoms with van der Waals surface area (Å²) in [6.07, 6.45) is 1.68. The van der Waals surface area contributed by atoms with Gasteiger partial charge in [0.2, 0.25) is 0 Å². The van der Waals surface area contributed by atoms with Crippen molar-refractivity contribution < 1.29 is 9.53 Å². The number of carbonyl (C=O) groups excluding carboxylic acids is 1. The van der Waals surface area contributed by atoms with Gasteiger partial charge in [-0.2, -0.15) is 5.10 Å². The average Bonchev–Trinajstić information content (AvgIpc) is 2.65. The van der Waals surface area contributed by atoms with Gasteiger partial charge in [-0.15, -0.1) is 0 Å². The molecule has 0 fully saturated rings. The van der Waals surface area contributed by atoms with Gasteiger partial charge in [0.05, 0.1) is 18.0 Å². The summed E-state index contributed by atoms with van der Waals surface area (Å²) in [6.45, 7) is 5.51. The molecule has 0 bridgehead atoms. The van der Waals surface area contributed by atoms with Crippen molar-refractivity contribution in [3.8, 4) is 0 Å². The first-order valence-corrected chi connectivity index (χ1v) is 5.70. The van der Waals surface area contributed by atoms with Crippen molar-refractivity contribution in [2.75, 3.05) is 6.61 Å². The molecule has 0 aliphatic carbocycles. The van der Waals surface area contributed by atoms with E-state index in [4.69, 9.17) is 4.74 Å². The molecular weight excluding hydrogens is 234 g/mol. The van der Waals surface area contributed by atoms with E-state index in [1.54, 1.807) is 27.1 Å². The maximum absolute atomic E-state index is 12.1. The highest BCUT2D eigenvalue weighted by molar-refractivity contribution is 5.98. The Labute approximate surface area is 104 Å². The van der Waals surface area contributed by atoms with Gasteiger partial charge >= 0.3 is 5.97 Å². The molecule has 0 N–H and O–H groups in total. The van der Waals surface area contributed by atoms with Crippen LogP contribution in [0.5, 0.6) is 0 Å². The van der Waals surface area contributed by atoms with Gasteiger partial charge in [-0.25, -0.2) is 9.31 Å². The number of aromatic nitrogens is 3. The number of hydrogen-bond donors (Lipinski definition) is 0. The summed E-state index contributed by atoms with van der Waals surface area (Å²) in [5.74, 6) is -0.507. The predicted molar refractivity (Wildman–Crippen MR) is 65.9 cm³/mol. The molecule has 6 heteroatoms. The number of rotatable bonds is 2. The van der Waals surface area contributed by atoms with Crippen LogP contribution < -0.4 is 5.56 Å². The zero-order valence-electron chi connectivity index (χ0n) is 10.9. The second-order valence-corrected chi connectivity index (χ2v) is 4.13. The van der Waals surface area contributed by atoms with Gasteiger partial charge in [0.1, 0.15) is 11.1 Å². The summed E-state index contributed by atoms with van der Waals surface area (Å²) >= 11 is 0. The minimum atomic E-state index is -0.507. The van der Waals surface area contributed by atoms with Crippen LogP contribution in [0.4, 0.5) is 0 Å². The van der Waals surface area contributed by atoms with Gasteiger partial charge in [-0.1, -0.05) is 0 Å². The zero-order chi connectivity index (χ0) is 13.4. The summed E-state index contributed by atoms with van der Waals surface area (Å²) < 4.78 is 7.90. The topological polar surface area (TPSA) is 65.6 Å². The molecule has 2 aromatic heterocycles. The lowest BCUT2D eigenvalue weighted by molar-refractivity contribution is 0.0527. The summed E-state index contributed by atoms with van der Waals surface area (Å²) in [6, 6.07) is 0. The van der Waals surface area contributed by atoms with Crippen LogP contribution in [0.3, 0.4) is 0 Å². The van der Waals surface area contributed by atoms with E-state index in [1.165, 1.54) is 9.08 Å². The van der Waals surface area contributed by atoms with Crippen LogP contribution in [-0.4, -0.2) is 26.8 Å². The van der Waals surface area contributed by atoms with E-state index >= 15 is 0 Å². The van der Waals surface area contributed by atoms with Crippen LogP contribution in [-0.2, 0) is 11.8 Å². The van der Waals surface area contributed by atoms with Crippen LogP contribution in [0.1, 0.15) is 28.7 Å². The van der Waals surface area contributed by atoms with E-state index < -0.39 is 5.97 Å². The number of hydrogen-bond acceptors (Lipinski definition) is 4. The molecule has 18 heavy (non-hydrogen) atoms. The van der Waals surface area contributed by atoms with Crippen molar-refractivity contribution >= 4 is 11.5 Å². The number of nitrogens with zero attached hydrogens (tertiary/aromatic N) is 3. The molecule has 0 aromatic carbocycles. The Morgan fingerprint density at radius 2 is 2.11 bits per heavy atom. The lowest BCUT2D eigenvalue weighted by atomic mass is 10.2. The van der Waals surface area contributed by atoms with E-state index in [1.807, 2.05) is 6.92 Å². The van der Waals surface area contributed by atoms with Crippen molar-refractivity contribution in [1.82, 2.24) is 14.2 Å². The molecule has 0 saturated carbocycles. The molecular formula is C12H15N3O3. The molecule has 0 amide bonds. The van der Waals surface area contributed by atoms with Crippen molar-refractivity contribution in [2.45, 2.75) is 20.8 Å². The Balaban J connectivity index is 2.86. The molecule has 2 aromatic rings. The minimum Gasteiger partial charge on any atom is -0.462 e. The lowest BCUT2D eigenvalue weighted by Gasteiger charge is -2.04. The first kappa shape index (κ1) is 12.3. The average molecular weight is 249 g/mol. The van der Waals surface area contributed by atoms with Gasteiger partial charge in [0.25, 0.3) is 5.56 Å². The summed E-state index contributed by atoms with van der Waals surface area (Å²) in [4.78, 5) is 24.0. The second-order valence-electron chi connectivity index (χ2n) is 4.13. The predicted octanol–water partition coefficient (Wildman–Crippen LogP) is 0.827. The van der Waals surface area contributed by atoms with Crippen LogP contribution in [0.25, 0.3) is 5.52 Å². The van der Waals surface area contributed by atoms with Crippen molar-refractivity contribution in [3.63, 3.8) is 0 Å². The Bertz CT molecular complexity index is 682. The molecule has 0 aliphatic heterocycles. The fourth-order valence-electron chi connectivity index (χ4n) is 1.99. The largest absolute Gasteiger partial charge is 0.462 e. The number of aryl methyl sites for hydroxylation is 3. The Morgan fingerprint density at radius 1 is 1.44 bits per heavy atom. The number of carbonyl (C=O) groups is 1. The molecule has 2 heterocycles. The number of ether oxygens (including phenoxy) is 1. The molecule has 2 rings (SSSR count). The zero-order valence-corrected chi connectivity index (χ0v) is 10.9. The van der Waals surface area contributed by atoms with Crippen LogP contribution in [0.2, 0.25) is 0 Å². The van der Waals surface area contributed by atoms with E-state index in [2.05, 4.69) is 5.10 Å². The fourth-order valence-corrected chi connectivity index (χ4v) is 1.99. The molecule has 0 spiro atoms. The van der Waals surface area contributed by atoms with E-state index in [9.17, 15) is 9.59 Å². The van der Waals surface area contributed by atoms with Crippen molar-refractivity contribution in [1.29, 1.82) is 0 Å². The highest BCUT2D eigenvalue weighted by Gasteiger charge is 2.22. The highest BCUT2D eigenvalue weighted by atomic mass is 16.5. The minimum absolute atomic E-state index is 0.251. The highest BCUT2D eigenvalue weighted by Crippen LogP contribution is 2.14. The summed E-state index contributed by atoms with van der Waals surface area (Å²) in [7, 11) is 1.65. The molecule has 6 nitrogen and oxygen atoms in total. The van der Waals surface area contributed by atoms with Crippen molar-refractivity contribution in [2.24, 2.45) is 7.05 Å². The van der Waals surface area contributed by atoms with Gasteiger partial charge < -0.3 is 9.30 Å². The van der Waals surface area contributed by atoms with E-state index in [0.717, 1.165) is 5.69 Å². The van der Waals surface area contributed by atoms with Gasteiger partial charge in [-0.3, -0.25) is 4.79 Å². The Kier molecular flexibility index (Phi) is 2.94. The third kappa shape index (κ3) is 1.70. The second kappa shape index (κ2) is 4.29. The van der Waals surface area contributed by atoms with Crippen molar-refractivity contribution in [3.05, 3.63) is 33.5 Å². The fraction of sp³-hybridized carbons (Fsp3) is 0.417. The quantitative estimate of drug-likeness (QED) is 0.739. The van der Waals surface area contributed by atoms with Crippen LogP contribution in [0.15, 0.2) is 11.0 Å². The lowest BCUT2D eigenvalue weighted by Crippen LogP contribution is -2.22. The molecule has 0 saturated heterocycles. The first-order valence-electron chi connectivity index (χ1n) is 5.70. The molecule has 0 radical (unpaired) electrons. The maximum atomic E-state index is 12.1. The summed E-state index contributed by atoms with van der Waals surface area (Å²) in [5.41, 5.74) is 1.55. The normalized spacial score (nSPS) is 10.9. The smallest absolute Gasteiger partial charge is 0.342 e. The van der Waals surface area contributed by atoms with Gasteiger partial charge in [-0.05, 0) is 20.8 Å². The first-order chi connectivity index (χ1) is 8.47. The molecule has 0 atom stereocenters. The monoisotopic (exact) mass is 249 g/mol. The molecule has 0 aliphatic rings. The number of fused-ring (bicyclic) bond motifs is 1. The maximum Gasteiger partial charge on any atom is 0.342 e. The SMILES string of the molecule is CCOC(=O)c1c(C)nn2c(C)cn(C)c(=O)c12. The molecule has 96 valence electrons. The summed E-state index contributed by atoms with van der Waals surface area (Å²) in [5, 5.41) is 4.22. The Hall–Kier alpha value is -2.11. The van der Waals surface area contributed by atoms with Gasteiger partial charge in [0, 0.05) is 13.2 Å². The number of esters is 1. The Morgan fingerprint density at radius 3 is 2.72 bits per heavy atom. The standard InChI is InChI=1S/C12H15N3O3/c1-5-18-12(17)9-8(3)13-15-7(2)6-14(4)11(16)10(9)15/h6H,5H2,1-4H3.